The van der Waals surface area contributed by atoms with Crippen molar-refractivity contribution in [1.29, 1.82) is 0 Å². The van der Waals surface area contributed by atoms with Gasteiger partial charge in [0.15, 0.2) is 6.10 Å². The van der Waals surface area contributed by atoms with Gasteiger partial charge in [0.1, 0.15) is 5.75 Å². The predicted molar refractivity (Wildman–Crippen MR) is 99.0 cm³/mol. The molecule has 2 aliphatic heterocycles. The highest BCUT2D eigenvalue weighted by Crippen LogP contribution is 2.34. The first-order chi connectivity index (χ1) is 12.6. The summed E-state index contributed by atoms with van der Waals surface area (Å²) in [7, 11) is 1.58. The Morgan fingerprint density at radius 2 is 1.77 bits per heavy atom. The minimum Gasteiger partial charge on any atom is -0.497 e. The lowest BCUT2D eigenvalue weighted by Crippen LogP contribution is -2.50. The zero-order valence-electron chi connectivity index (χ0n) is 15.6. The van der Waals surface area contributed by atoms with Gasteiger partial charge in [-0.1, -0.05) is 12.1 Å². The molecule has 0 aromatic heterocycles. The number of hydrogen-bond donors (Lipinski definition) is 2. The molecule has 2 fully saturated rings. The first kappa shape index (κ1) is 19.1. The average Bonchev–Trinajstić information content (AvgIpc) is 3.20. The van der Waals surface area contributed by atoms with Gasteiger partial charge in [-0.2, -0.15) is 0 Å². The summed E-state index contributed by atoms with van der Waals surface area (Å²) < 4.78 is 5.11. The van der Waals surface area contributed by atoms with E-state index in [-0.39, 0.29) is 17.9 Å². The highest BCUT2D eigenvalue weighted by atomic mass is 16.5. The molecule has 1 amide bonds. The normalized spacial score (nSPS) is 21.6. The van der Waals surface area contributed by atoms with Crippen molar-refractivity contribution in [3.05, 3.63) is 29.8 Å². The molecule has 0 bridgehead atoms. The molecule has 1 atom stereocenters. The molecule has 3 rings (SSSR count). The number of rotatable bonds is 6. The fourth-order valence-electron chi connectivity index (χ4n) is 4.08. The Labute approximate surface area is 155 Å². The molecule has 2 N–H and O–H groups in total. The maximum atomic E-state index is 12.7. The number of aliphatic hydroxyl groups is 2. The number of piperidine rings is 1. The summed E-state index contributed by atoms with van der Waals surface area (Å²) in [5, 5.41) is 20.4. The van der Waals surface area contributed by atoms with Gasteiger partial charge in [-0.05, 0) is 56.5 Å². The van der Waals surface area contributed by atoms with Crippen LogP contribution < -0.4 is 4.74 Å². The molecule has 0 saturated carbocycles. The van der Waals surface area contributed by atoms with Gasteiger partial charge in [0.25, 0.3) is 5.91 Å². The number of carbonyl (C=O) groups is 1. The molecule has 1 aromatic rings. The average molecular weight is 362 g/mol. The Hall–Kier alpha value is -1.63. The van der Waals surface area contributed by atoms with E-state index in [1.165, 1.54) is 12.8 Å². The Morgan fingerprint density at radius 1 is 1.15 bits per heavy atom. The maximum absolute atomic E-state index is 12.7. The zero-order valence-corrected chi connectivity index (χ0v) is 15.6. The summed E-state index contributed by atoms with van der Waals surface area (Å²) >= 11 is 0. The summed E-state index contributed by atoms with van der Waals surface area (Å²) in [5.74, 6) is 0.434. The standard InChI is InChI=1S/C20H30N2O4/c1-26-17-6-4-16(5-7-17)18(24)19(25)22-12-8-20(15-23,9-13-22)14-21-10-2-3-11-21/h4-7,18,23-24H,2-3,8-15H2,1H3/t18-/m1/s1. The fraction of sp³-hybridized carbons (Fsp3) is 0.650. The molecule has 0 spiro atoms. The van der Waals surface area contributed by atoms with E-state index in [4.69, 9.17) is 4.74 Å². The second-order valence-electron chi connectivity index (χ2n) is 7.64. The summed E-state index contributed by atoms with van der Waals surface area (Å²) in [6, 6.07) is 6.93. The number of benzene rings is 1. The van der Waals surface area contributed by atoms with Crippen LogP contribution in [0.15, 0.2) is 24.3 Å². The molecule has 2 saturated heterocycles. The molecule has 26 heavy (non-hydrogen) atoms. The summed E-state index contributed by atoms with van der Waals surface area (Å²) in [6.45, 7) is 4.46. The van der Waals surface area contributed by atoms with Crippen LogP contribution in [0.4, 0.5) is 0 Å². The zero-order chi connectivity index (χ0) is 18.6. The van der Waals surface area contributed by atoms with Gasteiger partial charge in [0.2, 0.25) is 0 Å². The van der Waals surface area contributed by atoms with Gasteiger partial charge >= 0.3 is 0 Å². The molecular formula is C20H30N2O4. The summed E-state index contributed by atoms with van der Waals surface area (Å²) in [6.07, 6.45) is 2.88. The Kier molecular flexibility index (Phi) is 6.16. The molecule has 0 unspecified atom stereocenters. The monoisotopic (exact) mass is 362 g/mol. The number of methoxy groups -OCH3 is 1. The number of likely N-dealkylation sites (tertiary alicyclic amines) is 2. The minimum absolute atomic E-state index is 0.119. The van der Waals surface area contributed by atoms with E-state index in [0.29, 0.717) is 24.4 Å². The quantitative estimate of drug-likeness (QED) is 0.801. The maximum Gasteiger partial charge on any atom is 0.256 e. The first-order valence-electron chi connectivity index (χ1n) is 9.51. The lowest BCUT2D eigenvalue weighted by Gasteiger charge is -2.43. The van der Waals surface area contributed by atoms with Crippen molar-refractivity contribution in [2.45, 2.75) is 31.8 Å². The van der Waals surface area contributed by atoms with Crippen molar-refractivity contribution in [3.8, 4) is 5.75 Å². The van der Waals surface area contributed by atoms with Gasteiger partial charge < -0.3 is 24.7 Å². The van der Waals surface area contributed by atoms with Crippen molar-refractivity contribution in [1.82, 2.24) is 9.80 Å². The summed E-state index contributed by atoms with van der Waals surface area (Å²) in [5.41, 5.74) is 0.457. The fourth-order valence-corrected chi connectivity index (χ4v) is 4.08. The second-order valence-corrected chi connectivity index (χ2v) is 7.64. The van der Waals surface area contributed by atoms with Gasteiger partial charge in [0.05, 0.1) is 13.7 Å². The van der Waals surface area contributed by atoms with E-state index in [1.807, 2.05) is 0 Å². The number of nitrogens with zero attached hydrogens (tertiary/aromatic N) is 2. The van der Waals surface area contributed by atoms with Crippen molar-refractivity contribution in [2.75, 3.05) is 46.4 Å². The lowest BCUT2D eigenvalue weighted by molar-refractivity contribution is -0.143. The van der Waals surface area contributed by atoms with E-state index in [2.05, 4.69) is 4.90 Å². The van der Waals surface area contributed by atoms with Crippen LogP contribution in [0.5, 0.6) is 5.75 Å². The van der Waals surface area contributed by atoms with Crippen molar-refractivity contribution in [3.63, 3.8) is 0 Å². The lowest BCUT2D eigenvalue weighted by atomic mass is 9.78. The van der Waals surface area contributed by atoms with Gasteiger partial charge in [-0.25, -0.2) is 0 Å². The van der Waals surface area contributed by atoms with Gasteiger partial charge in [-0.3, -0.25) is 4.79 Å². The van der Waals surface area contributed by atoms with Crippen LogP contribution in [0.2, 0.25) is 0 Å². The van der Waals surface area contributed by atoms with Crippen molar-refractivity contribution in [2.24, 2.45) is 5.41 Å². The molecule has 2 heterocycles. The molecule has 1 aromatic carbocycles. The third kappa shape index (κ3) is 4.19. The van der Waals surface area contributed by atoms with Crippen LogP contribution in [0.25, 0.3) is 0 Å². The van der Waals surface area contributed by atoms with E-state index in [1.54, 1.807) is 36.3 Å². The molecule has 0 aliphatic carbocycles. The van der Waals surface area contributed by atoms with Crippen LogP contribution in [0.3, 0.4) is 0 Å². The minimum atomic E-state index is -1.15. The highest BCUT2D eigenvalue weighted by Gasteiger charge is 2.38. The predicted octanol–water partition coefficient (Wildman–Crippen LogP) is 1.43. The molecule has 6 heteroatoms. The van der Waals surface area contributed by atoms with Gasteiger partial charge in [-0.15, -0.1) is 0 Å². The van der Waals surface area contributed by atoms with E-state index >= 15 is 0 Å². The Balaban J connectivity index is 1.57. The highest BCUT2D eigenvalue weighted by molar-refractivity contribution is 5.82. The molecule has 2 aliphatic rings. The van der Waals surface area contributed by atoms with Crippen molar-refractivity contribution < 1.29 is 19.7 Å². The van der Waals surface area contributed by atoms with Crippen LogP contribution in [-0.4, -0.2) is 72.4 Å². The van der Waals surface area contributed by atoms with E-state index < -0.39 is 6.10 Å². The van der Waals surface area contributed by atoms with Crippen LogP contribution >= 0.6 is 0 Å². The third-order valence-electron chi connectivity index (χ3n) is 5.89. The number of ether oxygens (including phenoxy) is 1. The number of carbonyl (C=O) groups excluding carboxylic acids is 1. The van der Waals surface area contributed by atoms with Gasteiger partial charge in [0, 0.05) is 25.0 Å². The Bertz CT molecular complexity index is 590. The van der Waals surface area contributed by atoms with Crippen LogP contribution in [0, 0.1) is 5.41 Å². The number of hydrogen-bond acceptors (Lipinski definition) is 5. The number of aliphatic hydroxyl groups excluding tert-OH is 2. The Morgan fingerprint density at radius 3 is 2.31 bits per heavy atom. The molecule has 144 valence electrons. The van der Waals surface area contributed by atoms with Crippen molar-refractivity contribution >= 4 is 5.91 Å². The molecular weight excluding hydrogens is 332 g/mol. The largest absolute Gasteiger partial charge is 0.497 e. The summed E-state index contributed by atoms with van der Waals surface area (Å²) in [4.78, 5) is 16.8. The first-order valence-corrected chi connectivity index (χ1v) is 9.51. The molecule has 0 radical (unpaired) electrons. The smallest absolute Gasteiger partial charge is 0.256 e. The topological polar surface area (TPSA) is 73.2 Å². The van der Waals surface area contributed by atoms with Crippen LogP contribution in [-0.2, 0) is 4.79 Å². The number of amides is 1. The third-order valence-corrected chi connectivity index (χ3v) is 5.89. The van der Waals surface area contributed by atoms with E-state index in [9.17, 15) is 15.0 Å². The van der Waals surface area contributed by atoms with Crippen LogP contribution in [0.1, 0.15) is 37.4 Å². The van der Waals surface area contributed by atoms with E-state index in [0.717, 1.165) is 32.5 Å². The SMILES string of the molecule is COc1ccc([C@@H](O)C(=O)N2CCC(CO)(CN3CCCC3)CC2)cc1. The second kappa shape index (κ2) is 8.37. The molecule has 6 nitrogen and oxygen atoms in total.